The predicted octanol–water partition coefficient (Wildman–Crippen LogP) is 1.05. The van der Waals surface area contributed by atoms with Crippen molar-refractivity contribution in [2.45, 2.75) is 19.8 Å². The second kappa shape index (κ2) is 7.35. The van der Waals surface area contributed by atoms with Crippen molar-refractivity contribution in [2.75, 3.05) is 6.54 Å². The molecule has 0 aromatic carbocycles. The molecule has 1 aromatic heterocycles. The Hall–Kier alpha value is -2.11. The number of carboxylic acids is 1. The minimum atomic E-state index is -0.811. The molecule has 0 fully saturated rings. The molecule has 2 N–H and O–H groups in total. The molecule has 1 rings (SSSR count). The Kier molecular flexibility index (Phi) is 5.78. The van der Waals surface area contributed by atoms with Crippen molar-refractivity contribution in [1.82, 2.24) is 15.1 Å². The Morgan fingerprint density at radius 1 is 1.58 bits per heavy atom. The van der Waals surface area contributed by atoms with Crippen molar-refractivity contribution in [2.24, 2.45) is 13.0 Å². The van der Waals surface area contributed by atoms with E-state index in [4.69, 9.17) is 5.11 Å². The zero-order chi connectivity index (χ0) is 14.3. The highest BCUT2D eigenvalue weighted by Crippen LogP contribution is 2.04. The van der Waals surface area contributed by atoms with E-state index in [1.165, 1.54) is 6.08 Å². The number of hydrogen-bond acceptors (Lipinski definition) is 3. The van der Waals surface area contributed by atoms with Crippen molar-refractivity contribution in [3.8, 4) is 0 Å². The Morgan fingerprint density at radius 2 is 2.32 bits per heavy atom. The van der Waals surface area contributed by atoms with Crippen LogP contribution in [0.3, 0.4) is 0 Å². The van der Waals surface area contributed by atoms with E-state index in [1.54, 1.807) is 23.2 Å². The molecule has 0 aliphatic rings. The Morgan fingerprint density at radius 3 is 2.89 bits per heavy atom. The third-order valence-corrected chi connectivity index (χ3v) is 2.63. The molecule has 0 bridgehead atoms. The number of nitrogens with zero attached hydrogens (tertiary/aromatic N) is 2. The number of aryl methyl sites for hydroxylation is 1. The summed E-state index contributed by atoms with van der Waals surface area (Å²) in [7, 11) is 1.81. The first kappa shape index (κ1) is 14.9. The molecule has 0 saturated heterocycles. The number of hydrogen-bond donors (Lipinski definition) is 2. The molecule has 0 spiro atoms. The van der Waals surface area contributed by atoms with Gasteiger partial charge in [0.15, 0.2) is 0 Å². The summed E-state index contributed by atoms with van der Waals surface area (Å²) in [6.07, 6.45) is 7.29. The van der Waals surface area contributed by atoms with E-state index in [-0.39, 0.29) is 18.2 Å². The first-order valence-electron chi connectivity index (χ1n) is 6.13. The van der Waals surface area contributed by atoms with Crippen LogP contribution in [-0.2, 0) is 16.6 Å². The molecule has 0 aliphatic carbocycles. The fourth-order valence-corrected chi connectivity index (χ4v) is 1.50. The topological polar surface area (TPSA) is 84.2 Å². The SMILES string of the molecule is CC(CCC(=O)O)CNC(=O)/C=C/c1cnn(C)c1. The number of carbonyl (C=O) groups excluding carboxylic acids is 1. The van der Waals surface area contributed by atoms with Crippen LogP contribution in [0.15, 0.2) is 18.5 Å². The van der Waals surface area contributed by atoms with Crippen molar-refractivity contribution in [3.05, 3.63) is 24.0 Å². The van der Waals surface area contributed by atoms with Crippen molar-refractivity contribution in [3.63, 3.8) is 0 Å². The number of nitrogens with one attached hydrogen (secondary N) is 1. The van der Waals surface area contributed by atoms with Gasteiger partial charge in [-0.1, -0.05) is 6.92 Å². The van der Waals surface area contributed by atoms with Gasteiger partial charge in [-0.3, -0.25) is 14.3 Å². The number of rotatable bonds is 7. The molecule has 1 unspecified atom stereocenters. The summed E-state index contributed by atoms with van der Waals surface area (Å²) in [5, 5.41) is 15.3. The summed E-state index contributed by atoms with van der Waals surface area (Å²) in [6.45, 7) is 2.39. The molecular formula is C13H19N3O3. The largest absolute Gasteiger partial charge is 0.481 e. The maximum Gasteiger partial charge on any atom is 0.303 e. The van der Waals surface area contributed by atoms with Crippen molar-refractivity contribution in [1.29, 1.82) is 0 Å². The first-order chi connectivity index (χ1) is 8.97. The van der Waals surface area contributed by atoms with Gasteiger partial charge in [0.25, 0.3) is 0 Å². The Labute approximate surface area is 112 Å². The smallest absolute Gasteiger partial charge is 0.303 e. The van der Waals surface area contributed by atoms with Crippen LogP contribution in [0.2, 0.25) is 0 Å². The number of amides is 1. The maximum absolute atomic E-state index is 11.5. The van der Waals surface area contributed by atoms with Crippen LogP contribution in [0.4, 0.5) is 0 Å². The monoisotopic (exact) mass is 265 g/mol. The molecule has 1 amide bonds. The van der Waals surface area contributed by atoms with E-state index >= 15 is 0 Å². The van der Waals surface area contributed by atoms with E-state index in [0.717, 1.165) is 5.56 Å². The average Bonchev–Trinajstić information content (AvgIpc) is 2.77. The molecule has 1 heterocycles. The highest BCUT2D eigenvalue weighted by Gasteiger charge is 2.06. The summed E-state index contributed by atoms with van der Waals surface area (Å²) in [4.78, 5) is 21.9. The van der Waals surface area contributed by atoms with Gasteiger partial charge in [0.05, 0.1) is 6.20 Å². The predicted molar refractivity (Wildman–Crippen MR) is 71.3 cm³/mol. The molecule has 6 heteroatoms. The summed E-state index contributed by atoms with van der Waals surface area (Å²) < 4.78 is 1.66. The third kappa shape index (κ3) is 6.40. The molecule has 0 aliphatic heterocycles. The van der Waals surface area contributed by atoms with Crippen molar-refractivity contribution >= 4 is 18.0 Å². The van der Waals surface area contributed by atoms with Gasteiger partial charge in [-0.05, 0) is 18.4 Å². The van der Waals surface area contributed by atoms with E-state index in [2.05, 4.69) is 10.4 Å². The molecule has 0 radical (unpaired) electrons. The van der Waals surface area contributed by atoms with Crippen LogP contribution >= 0.6 is 0 Å². The Balaban J connectivity index is 2.27. The highest BCUT2D eigenvalue weighted by molar-refractivity contribution is 5.91. The van der Waals surface area contributed by atoms with E-state index in [1.807, 2.05) is 14.0 Å². The van der Waals surface area contributed by atoms with Gasteiger partial charge in [-0.2, -0.15) is 5.10 Å². The standard InChI is InChI=1S/C13H19N3O3/c1-10(3-6-13(18)19)7-14-12(17)5-4-11-8-15-16(2)9-11/h4-5,8-10H,3,6-7H2,1-2H3,(H,14,17)(H,18,19)/b5-4+. The normalized spacial score (nSPS) is 12.5. The molecule has 104 valence electrons. The lowest BCUT2D eigenvalue weighted by Crippen LogP contribution is -2.26. The number of aromatic nitrogens is 2. The van der Waals surface area contributed by atoms with Gasteiger partial charge >= 0.3 is 5.97 Å². The molecule has 6 nitrogen and oxygen atoms in total. The average molecular weight is 265 g/mol. The second-order valence-electron chi connectivity index (χ2n) is 4.56. The van der Waals surface area contributed by atoms with E-state index < -0.39 is 5.97 Å². The van der Waals surface area contributed by atoms with Gasteiger partial charge in [0.1, 0.15) is 0 Å². The van der Waals surface area contributed by atoms with E-state index in [0.29, 0.717) is 13.0 Å². The lowest BCUT2D eigenvalue weighted by Gasteiger charge is -2.09. The molecule has 1 aromatic rings. The molecular weight excluding hydrogens is 246 g/mol. The van der Waals surface area contributed by atoms with Crippen LogP contribution in [-0.4, -0.2) is 33.3 Å². The minimum absolute atomic E-state index is 0.128. The van der Waals surface area contributed by atoms with Crippen LogP contribution in [0, 0.1) is 5.92 Å². The van der Waals surface area contributed by atoms with Gasteiger partial charge < -0.3 is 10.4 Å². The highest BCUT2D eigenvalue weighted by atomic mass is 16.4. The van der Waals surface area contributed by atoms with Crippen LogP contribution in [0.1, 0.15) is 25.3 Å². The van der Waals surface area contributed by atoms with Gasteiger partial charge in [0.2, 0.25) is 5.91 Å². The molecule has 19 heavy (non-hydrogen) atoms. The zero-order valence-electron chi connectivity index (χ0n) is 11.2. The minimum Gasteiger partial charge on any atom is -0.481 e. The van der Waals surface area contributed by atoms with Gasteiger partial charge in [-0.25, -0.2) is 0 Å². The zero-order valence-corrected chi connectivity index (χ0v) is 11.2. The fraction of sp³-hybridized carbons (Fsp3) is 0.462. The summed E-state index contributed by atoms with van der Waals surface area (Å²) in [5.41, 5.74) is 0.858. The molecule has 1 atom stereocenters. The Bertz CT molecular complexity index is 465. The number of carbonyl (C=O) groups is 2. The van der Waals surface area contributed by atoms with Gasteiger partial charge in [0, 0.05) is 37.8 Å². The van der Waals surface area contributed by atoms with Gasteiger partial charge in [-0.15, -0.1) is 0 Å². The fourth-order valence-electron chi connectivity index (χ4n) is 1.50. The third-order valence-electron chi connectivity index (χ3n) is 2.63. The lowest BCUT2D eigenvalue weighted by atomic mass is 10.1. The lowest BCUT2D eigenvalue weighted by molar-refractivity contribution is -0.137. The molecule has 0 saturated carbocycles. The van der Waals surface area contributed by atoms with Crippen LogP contribution in [0.5, 0.6) is 0 Å². The summed E-state index contributed by atoms with van der Waals surface area (Å²) in [6, 6.07) is 0. The first-order valence-corrected chi connectivity index (χ1v) is 6.13. The van der Waals surface area contributed by atoms with E-state index in [9.17, 15) is 9.59 Å². The quantitative estimate of drug-likeness (QED) is 0.722. The summed E-state index contributed by atoms with van der Waals surface area (Å²) in [5.74, 6) is -0.854. The second-order valence-corrected chi connectivity index (χ2v) is 4.56. The number of aliphatic carboxylic acids is 1. The van der Waals surface area contributed by atoms with Crippen LogP contribution in [0.25, 0.3) is 6.08 Å². The van der Waals surface area contributed by atoms with Crippen molar-refractivity contribution < 1.29 is 14.7 Å². The van der Waals surface area contributed by atoms with Crippen LogP contribution < -0.4 is 5.32 Å². The number of carboxylic acid groups (broad SMARTS) is 1. The maximum atomic E-state index is 11.5. The summed E-state index contributed by atoms with van der Waals surface area (Å²) >= 11 is 0.